The van der Waals surface area contributed by atoms with Crippen LogP contribution in [0.1, 0.15) is 16.1 Å². The Kier molecular flexibility index (Phi) is 5.08. The minimum atomic E-state index is -0.365. The van der Waals surface area contributed by atoms with Gasteiger partial charge in [0.15, 0.2) is 5.82 Å². The molecule has 0 aliphatic heterocycles. The van der Waals surface area contributed by atoms with Crippen LogP contribution in [-0.2, 0) is 0 Å². The van der Waals surface area contributed by atoms with Gasteiger partial charge in [-0.2, -0.15) is 0 Å². The summed E-state index contributed by atoms with van der Waals surface area (Å²) in [5.74, 6) is 0.340. The second kappa shape index (κ2) is 6.64. The minimum absolute atomic E-state index is 0.258. The molecule has 0 aliphatic rings. The number of methoxy groups -OCH3 is 1. The molecule has 1 N–H and O–H groups in total. The first-order valence-electron chi connectivity index (χ1n) is 5.90. The molecule has 7 heteroatoms. The van der Waals surface area contributed by atoms with Crippen molar-refractivity contribution < 1.29 is 9.53 Å². The summed E-state index contributed by atoms with van der Waals surface area (Å²) in [4.78, 5) is 16.5. The van der Waals surface area contributed by atoms with Crippen molar-refractivity contribution >= 4 is 50.9 Å². The summed E-state index contributed by atoms with van der Waals surface area (Å²) >= 11 is 15.3. The Labute approximate surface area is 140 Å². The maximum absolute atomic E-state index is 12.3. The van der Waals surface area contributed by atoms with Crippen LogP contribution in [0.25, 0.3) is 0 Å². The Morgan fingerprint density at radius 2 is 2.00 bits per heavy atom. The van der Waals surface area contributed by atoms with Gasteiger partial charge in [0.1, 0.15) is 5.75 Å². The second-order valence-electron chi connectivity index (χ2n) is 4.18. The predicted octanol–water partition coefficient (Wildman–Crippen LogP) is 4.72. The molecule has 2 rings (SSSR count). The van der Waals surface area contributed by atoms with Crippen LogP contribution in [0.5, 0.6) is 5.75 Å². The smallest absolute Gasteiger partial charge is 0.260 e. The van der Waals surface area contributed by atoms with Gasteiger partial charge >= 0.3 is 0 Å². The number of hydrogen-bond acceptors (Lipinski definition) is 3. The van der Waals surface area contributed by atoms with Crippen LogP contribution in [0.4, 0.5) is 5.82 Å². The van der Waals surface area contributed by atoms with Crippen molar-refractivity contribution in [3.8, 4) is 5.75 Å². The third kappa shape index (κ3) is 3.67. The van der Waals surface area contributed by atoms with Gasteiger partial charge in [0.25, 0.3) is 5.91 Å². The average molecular weight is 390 g/mol. The van der Waals surface area contributed by atoms with Crippen molar-refractivity contribution in [2.45, 2.75) is 6.92 Å². The fraction of sp³-hybridized carbons (Fsp3) is 0.143. The highest BCUT2D eigenvalue weighted by atomic mass is 79.9. The summed E-state index contributed by atoms with van der Waals surface area (Å²) in [6, 6.07) is 6.64. The molecule has 21 heavy (non-hydrogen) atoms. The molecule has 1 heterocycles. The molecule has 0 aliphatic carbocycles. The molecule has 0 unspecified atom stereocenters. The van der Waals surface area contributed by atoms with Gasteiger partial charge in [-0.1, -0.05) is 39.1 Å². The summed E-state index contributed by atoms with van der Waals surface area (Å²) in [7, 11) is 1.50. The maximum Gasteiger partial charge on any atom is 0.260 e. The number of anilines is 1. The Morgan fingerprint density at radius 3 is 2.67 bits per heavy atom. The lowest BCUT2D eigenvalue weighted by molar-refractivity contribution is 0.102. The third-order valence-corrected chi connectivity index (χ3v) is 3.91. The molecule has 0 fully saturated rings. The number of rotatable bonds is 3. The van der Waals surface area contributed by atoms with E-state index in [1.165, 1.54) is 7.11 Å². The Balaban J connectivity index is 2.32. The van der Waals surface area contributed by atoms with Crippen molar-refractivity contribution in [3.63, 3.8) is 0 Å². The molecule has 1 aromatic heterocycles. The average Bonchev–Trinajstić information content (AvgIpc) is 2.44. The van der Waals surface area contributed by atoms with E-state index in [1.807, 2.05) is 0 Å². The van der Waals surface area contributed by atoms with Gasteiger partial charge in [-0.05, 0) is 31.2 Å². The van der Waals surface area contributed by atoms with Crippen LogP contribution in [0.2, 0.25) is 10.0 Å². The molecule has 110 valence electrons. The van der Waals surface area contributed by atoms with E-state index in [-0.39, 0.29) is 16.7 Å². The first-order chi connectivity index (χ1) is 9.92. The predicted molar refractivity (Wildman–Crippen MR) is 87.6 cm³/mol. The lowest BCUT2D eigenvalue weighted by Gasteiger charge is -2.11. The zero-order chi connectivity index (χ0) is 15.6. The van der Waals surface area contributed by atoms with Gasteiger partial charge in [0.2, 0.25) is 0 Å². The molecule has 0 spiro atoms. The summed E-state index contributed by atoms with van der Waals surface area (Å²) in [6.07, 6.45) is 0. The molecule has 0 radical (unpaired) electrons. The lowest BCUT2D eigenvalue weighted by Crippen LogP contribution is -2.15. The van der Waals surface area contributed by atoms with Crippen LogP contribution in [0.15, 0.2) is 28.7 Å². The van der Waals surface area contributed by atoms with Crippen LogP contribution >= 0.6 is 39.1 Å². The van der Waals surface area contributed by atoms with Gasteiger partial charge in [0.05, 0.1) is 28.4 Å². The molecule has 0 bridgehead atoms. The molecular weight excluding hydrogens is 379 g/mol. The van der Waals surface area contributed by atoms with E-state index in [2.05, 4.69) is 26.2 Å². The third-order valence-electron chi connectivity index (χ3n) is 2.74. The van der Waals surface area contributed by atoms with Gasteiger partial charge in [-0.15, -0.1) is 0 Å². The van der Waals surface area contributed by atoms with E-state index < -0.39 is 0 Å². The number of benzene rings is 1. The summed E-state index contributed by atoms with van der Waals surface area (Å²) < 4.78 is 6.01. The monoisotopic (exact) mass is 388 g/mol. The minimum Gasteiger partial charge on any atom is -0.496 e. The number of pyridine rings is 1. The Morgan fingerprint density at radius 1 is 1.29 bits per heavy atom. The molecule has 1 aromatic carbocycles. The molecular formula is C14H11BrCl2N2O2. The first kappa shape index (κ1) is 16.1. The highest BCUT2D eigenvalue weighted by molar-refractivity contribution is 9.10. The number of hydrogen-bond donors (Lipinski definition) is 1. The highest BCUT2D eigenvalue weighted by Crippen LogP contribution is 2.28. The fourth-order valence-electron chi connectivity index (χ4n) is 1.67. The maximum atomic E-state index is 12.3. The summed E-state index contributed by atoms with van der Waals surface area (Å²) in [5, 5.41) is 3.37. The number of carbonyl (C=O) groups excluding carboxylic acids is 1. The number of nitrogens with zero attached hydrogens (tertiary/aromatic N) is 1. The molecule has 4 nitrogen and oxygen atoms in total. The van der Waals surface area contributed by atoms with Gasteiger partial charge < -0.3 is 10.1 Å². The van der Waals surface area contributed by atoms with Gasteiger partial charge in [-0.3, -0.25) is 4.79 Å². The second-order valence-corrected chi connectivity index (χ2v) is 5.91. The Bertz CT molecular complexity index is 708. The van der Waals surface area contributed by atoms with E-state index in [4.69, 9.17) is 27.9 Å². The quantitative estimate of drug-likeness (QED) is 0.826. The van der Waals surface area contributed by atoms with Crippen molar-refractivity contribution in [3.05, 3.63) is 50.0 Å². The summed E-state index contributed by atoms with van der Waals surface area (Å²) in [5.41, 5.74) is 0.963. The van der Waals surface area contributed by atoms with Crippen LogP contribution in [0.3, 0.4) is 0 Å². The number of amides is 1. The van der Waals surface area contributed by atoms with E-state index in [9.17, 15) is 4.79 Å². The SMILES string of the molecule is COc1cc(Br)ccc1C(=O)Nc1nc(C)c(Cl)cc1Cl. The number of ether oxygens (including phenoxy) is 1. The first-order valence-corrected chi connectivity index (χ1v) is 7.44. The van der Waals surface area contributed by atoms with Gasteiger partial charge in [-0.25, -0.2) is 4.98 Å². The zero-order valence-electron chi connectivity index (χ0n) is 11.2. The molecule has 0 atom stereocenters. The highest BCUT2D eigenvalue weighted by Gasteiger charge is 2.15. The van der Waals surface area contributed by atoms with Crippen molar-refractivity contribution in [1.29, 1.82) is 0 Å². The molecule has 2 aromatic rings. The number of aromatic nitrogens is 1. The standard InChI is InChI=1S/C14H11BrCl2N2O2/c1-7-10(16)6-11(17)13(18-7)19-14(20)9-4-3-8(15)5-12(9)21-2/h3-6H,1-2H3,(H,18,19,20). The number of carbonyl (C=O) groups is 1. The normalized spacial score (nSPS) is 10.3. The Hall–Kier alpha value is -1.30. The summed E-state index contributed by atoms with van der Waals surface area (Å²) in [6.45, 7) is 1.73. The van der Waals surface area contributed by atoms with Crippen LogP contribution < -0.4 is 10.1 Å². The number of nitrogens with one attached hydrogen (secondary N) is 1. The number of aryl methyl sites for hydroxylation is 1. The van der Waals surface area contributed by atoms with E-state index in [1.54, 1.807) is 31.2 Å². The van der Waals surface area contributed by atoms with E-state index in [0.29, 0.717) is 22.0 Å². The lowest BCUT2D eigenvalue weighted by atomic mass is 10.2. The van der Waals surface area contributed by atoms with Gasteiger partial charge in [0, 0.05) is 4.47 Å². The van der Waals surface area contributed by atoms with Crippen LogP contribution in [0, 0.1) is 6.92 Å². The van der Waals surface area contributed by atoms with E-state index in [0.717, 1.165) is 4.47 Å². The number of halogens is 3. The van der Waals surface area contributed by atoms with Crippen molar-refractivity contribution in [2.24, 2.45) is 0 Å². The topological polar surface area (TPSA) is 51.2 Å². The fourth-order valence-corrected chi connectivity index (χ4v) is 2.42. The van der Waals surface area contributed by atoms with Crippen molar-refractivity contribution in [2.75, 3.05) is 12.4 Å². The molecule has 0 saturated heterocycles. The van der Waals surface area contributed by atoms with Crippen molar-refractivity contribution in [1.82, 2.24) is 4.98 Å². The molecule has 0 saturated carbocycles. The molecule has 1 amide bonds. The largest absolute Gasteiger partial charge is 0.496 e. The zero-order valence-corrected chi connectivity index (χ0v) is 14.3. The van der Waals surface area contributed by atoms with E-state index >= 15 is 0 Å². The van der Waals surface area contributed by atoms with Crippen LogP contribution in [-0.4, -0.2) is 18.0 Å².